The number of hydrogen-bond donors (Lipinski definition) is 0. The van der Waals surface area contributed by atoms with Gasteiger partial charge in [0, 0.05) is 32.0 Å². The number of hydrogen-bond acceptors (Lipinski definition) is 6. The van der Waals surface area contributed by atoms with Crippen LogP contribution in [0.1, 0.15) is 6.92 Å². The lowest BCUT2D eigenvalue weighted by molar-refractivity contribution is -0.161. The second-order valence-corrected chi connectivity index (χ2v) is 5.47. The monoisotopic (exact) mass is 292 g/mol. The highest BCUT2D eigenvalue weighted by Crippen LogP contribution is 2.24. The van der Waals surface area contributed by atoms with Crippen LogP contribution in [0.3, 0.4) is 0 Å². The van der Waals surface area contributed by atoms with Crippen molar-refractivity contribution in [2.75, 3.05) is 50.9 Å². The van der Waals surface area contributed by atoms with E-state index in [-0.39, 0.29) is 5.91 Å². The highest BCUT2D eigenvalue weighted by Gasteiger charge is 2.42. The molecule has 3 rings (SSSR count). The number of amides is 1. The van der Waals surface area contributed by atoms with Crippen LogP contribution in [0.25, 0.3) is 0 Å². The lowest BCUT2D eigenvalue weighted by Gasteiger charge is -2.42. The van der Waals surface area contributed by atoms with Gasteiger partial charge in [-0.3, -0.25) is 9.78 Å². The molecule has 21 heavy (non-hydrogen) atoms. The Balaban J connectivity index is 1.73. The largest absolute Gasteiger partial charge is 0.378 e. The Labute approximate surface area is 123 Å². The standard InChI is InChI=1S/C14H20N4O3/c1-14(13(19)17-4-7-20-8-5-17)11-18(6-9-21-14)12-10-15-2-3-16-12/h2-3,10H,4-9,11H2,1H3/t14-/m0/s1. The number of carbonyl (C=O) groups is 1. The molecule has 0 N–H and O–H groups in total. The molecule has 1 aromatic rings. The van der Waals surface area contributed by atoms with Crippen LogP contribution in [0.15, 0.2) is 18.6 Å². The van der Waals surface area contributed by atoms with Gasteiger partial charge >= 0.3 is 0 Å². The molecule has 0 aliphatic carbocycles. The lowest BCUT2D eigenvalue weighted by Crippen LogP contribution is -2.60. The molecule has 1 amide bonds. The average Bonchev–Trinajstić information content (AvgIpc) is 2.56. The van der Waals surface area contributed by atoms with E-state index in [1.807, 2.05) is 11.8 Å². The summed E-state index contributed by atoms with van der Waals surface area (Å²) in [7, 11) is 0. The van der Waals surface area contributed by atoms with Crippen molar-refractivity contribution in [1.82, 2.24) is 14.9 Å². The first kappa shape index (κ1) is 14.2. The van der Waals surface area contributed by atoms with Gasteiger partial charge in [-0.1, -0.05) is 0 Å². The Kier molecular flexibility index (Phi) is 4.03. The summed E-state index contributed by atoms with van der Waals surface area (Å²) in [5.74, 6) is 0.807. The molecule has 1 atom stereocenters. The van der Waals surface area contributed by atoms with Gasteiger partial charge in [0.05, 0.1) is 32.6 Å². The third-order valence-electron chi connectivity index (χ3n) is 3.90. The van der Waals surface area contributed by atoms with Gasteiger partial charge in [0.15, 0.2) is 5.60 Å². The predicted molar refractivity (Wildman–Crippen MR) is 76.0 cm³/mol. The van der Waals surface area contributed by atoms with E-state index in [2.05, 4.69) is 14.9 Å². The molecular formula is C14H20N4O3. The number of rotatable bonds is 2. The molecule has 2 saturated heterocycles. The minimum absolute atomic E-state index is 0.0272. The second kappa shape index (κ2) is 5.95. The van der Waals surface area contributed by atoms with Crippen molar-refractivity contribution < 1.29 is 14.3 Å². The second-order valence-electron chi connectivity index (χ2n) is 5.47. The van der Waals surface area contributed by atoms with Gasteiger partial charge < -0.3 is 19.3 Å². The van der Waals surface area contributed by atoms with Crippen LogP contribution in [0.5, 0.6) is 0 Å². The highest BCUT2D eigenvalue weighted by atomic mass is 16.5. The summed E-state index contributed by atoms with van der Waals surface area (Å²) < 4.78 is 11.1. The summed E-state index contributed by atoms with van der Waals surface area (Å²) in [6.07, 6.45) is 5.01. The van der Waals surface area contributed by atoms with Crippen molar-refractivity contribution in [2.45, 2.75) is 12.5 Å². The number of morpholine rings is 2. The summed E-state index contributed by atoms with van der Waals surface area (Å²) in [5, 5.41) is 0. The van der Waals surface area contributed by atoms with E-state index >= 15 is 0 Å². The van der Waals surface area contributed by atoms with E-state index in [4.69, 9.17) is 9.47 Å². The number of nitrogens with zero attached hydrogens (tertiary/aromatic N) is 4. The van der Waals surface area contributed by atoms with Crippen LogP contribution in [-0.4, -0.2) is 72.4 Å². The fraction of sp³-hybridized carbons (Fsp3) is 0.643. The first-order chi connectivity index (χ1) is 10.2. The molecule has 1 aromatic heterocycles. The van der Waals surface area contributed by atoms with Crippen molar-refractivity contribution in [2.24, 2.45) is 0 Å². The smallest absolute Gasteiger partial charge is 0.256 e. The molecule has 7 heteroatoms. The van der Waals surface area contributed by atoms with E-state index in [1.165, 1.54) is 0 Å². The van der Waals surface area contributed by atoms with Gasteiger partial charge in [0.25, 0.3) is 5.91 Å². The molecule has 0 aromatic carbocycles. The molecule has 0 radical (unpaired) electrons. The molecule has 0 unspecified atom stereocenters. The van der Waals surface area contributed by atoms with E-state index in [9.17, 15) is 4.79 Å². The van der Waals surface area contributed by atoms with Crippen LogP contribution in [0.2, 0.25) is 0 Å². The Bertz CT molecular complexity index is 492. The summed E-state index contributed by atoms with van der Waals surface area (Å²) in [6, 6.07) is 0. The molecule has 0 saturated carbocycles. The zero-order chi connectivity index (χ0) is 14.7. The fourth-order valence-electron chi connectivity index (χ4n) is 2.75. The van der Waals surface area contributed by atoms with Gasteiger partial charge in [-0.15, -0.1) is 0 Å². The van der Waals surface area contributed by atoms with Crippen LogP contribution in [0.4, 0.5) is 5.82 Å². The Morgan fingerprint density at radius 2 is 2.05 bits per heavy atom. The maximum Gasteiger partial charge on any atom is 0.256 e. The van der Waals surface area contributed by atoms with E-state index in [0.717, 1.165) is 5.82 Å². The van der Waals surface area contributed by atoms with Crippen LogP contribution < -0.4 is 4.90 Å². The molecule has 2 aliphatic rings. The molecule has 3 heterocycles. The minimum Gasteiger partial charge on any atom is -0.378 e. The molecule has 2 fully saturated rings. The van der Waals surface area contributed by atoms with Gasteiger partial charge in [0.2, 0.25) is 0 Å². The highest BCUT2D eigenvalue weighted by molar-refractivity contribution is 5.86. The van der Waals surface area contributed by atoms with Crippen molar-refractivity contribution in [3.63, 3.8) is 0 Å². The summed E-state index contributed by atoms with van der Waals surface area (Å²) in [6.45, 7) is 6.00. The van der Waals surface area contributed by atoms with Crippen molar-refractivity contribution >= 4 is 11.7 Å². The van der Waals surface area contributed by atoms with Gasteiger partial charge in [0.1, 0.15) is 5.82 Å². The normalized spacial score (nSPS) is 26.7. The number of aromatic nitrogens is 2. The Morgan fingerprint density at radius 1 is 1.24 bits per heavy atom. The average molecular weight is 292 g/mol. The van der Waals surface area contributed by atoms with Crippen LogP contribution in [-0.2, 0) is 14.3 Å². The minimum atomic E-state index is -0.840. The van der Waals surface area contributed by atoms with Gasteiger partial charge in [-0.05, 0) is 6.92 Å². The molecule has 7 nitrogen and oxygen atoms in total. The van der Waals surface area contributed by atoms with Crippen molar-refractivity contribution in [3.8, 4) is 0 Å². The lowest BCUT2D eigenvalue weighted by atomic mass is 10.0. The predicted octanol–water partition coefficient (Wildman–Crippen LogP) is -0.0693. The number of carbonyl (C=O) groups excluding carboxylic acids is 1. The Hall–Kier alpha value is -1.73. The fourth-order valence-corrected chi connectivity index (χ4v) is 2.75. The van der Waals surface area contributed by atoms with Crippen LogP contribution in [0, 0.1) is 0 Å². The van der Waals surface area contributed by atoms with Gasteiger partial charge in [-0.25, -0.2) is 4.98 Å². The van der Waals surface area contributed by atoms with Crippen molar-refractivity contribution in [1.29, 1.82) is 0 Å². The van der Waals surface area contributed by atoms with Crippen molar-refractivity contribution in [3.05, 3.63) is 18.6 Å². The SMILES string of the molecule is C[C@@]1(C(=O)N2CCOCC2)CN(c2cnccn2)CCO1. The van der Waals surface area contributed by atoms with Crippen LogP contribution >= 0.6 is 0 Å². The Morgan fingerprint density at radius 3 is 2.76 bits per heavy atom. The van der Waals surface area contributed by atoms with E-state index in [1.54, 1.807) is 18.6 Å². The first-order valence-corrected chi connectivity index (χ1v) is 7.21. The number of ether oxygens (including phenoxy) is 2. The summed E-state index contributed by atoms with van der Waals surface area (Å²) >= 11 is 0. The topological polar surface area (TPSA) is 67.8 Å². The zero-order valence-corrected chi connectivity index (χ0v) is 12.2. The molecule has 0 bridgehead atoms. The first-order valence-electron chi connectivity index (χ1n) is 7.21. The molecular weight excluding hydrogens is 272 g/mol. The maximum absolute atomic E-state index is 12.7. The zero-order valence-electron chi connectivity index (χ0n) is 12.2. The number of anilines is 1. The summed E-state index contributed by atoms with van der Waals surface area (Å²) in [4.78, 5) is 25.0. The maximum atomic E-state index is 12.7. The van der Waals surface area contributed by atoms with E-state index in [0.29, 0.717) is 46.0 Å². The molecule has 2 aliphatic heterocycles. The van der Waals surface area contributed by atoms with Gasteiger partial charge in [-0.2, -0.15) is 0 Å². The molecule has 114 valence electrons. The molecule has 0 spiro atoms. The van der Waals surface area contributed by atoms with E-state index < -0.39 is 5.60 Å². The quantitative estimate of drug-likeness (QED) is 0.760. The summed E-state index contributed by atoms with van der Waals surface area (Å²) in [5.41, 5.74) is -0.840. The third kappa shape index (κ3) is 2.98. The third-order valence-corrected chi connectivity index (χ3v) is 3.90.